The number of carbonyl (C=O) groups excluding carboxylic acids is 2. The maximum atomic E-state index is 12.8. The van der Waals surface area contributed by atoms with Crippen molar-refractivity contribution in [2.45, 2.75) is 12.5 Å². The predicted molar refractivity (Wildman–Crippen MR) is 108 cm³/mol. The second-order valence-corrected chi connectivity index (χ2v) is 7.36. The Morgan fingerprint density at radius 2 is 1.89 bits per heavy atom. The van der Waals surface area contributed by atoms with Gasteiger partial charge in [0, 0.05) is 30.3 Å². The summed E-state index contributed by atoms with van der Waals surface area (Å²) < 4.78 is 5.88. The Kier molecular flexibility index (Phi) is 6.16. The van der Waals surface area contributed by atoms with Gasteiger partial charge in [-0.15, -0.1) is 0 Å². The van der Waals surface area contributed by atoms with Crippen molar-refractivity contribution < 1.29 is 24.5 Å². The molecule has 1 saturated heterocycles. The molecule has 0 radical (unpaired) electrons. The van der Waals surface area contributed by atoms with Gasteiger partial charge in [0.2, 0.25) is 0 Å². The molecule has 1 aliphatic heterocycles. The highest BCUT2D eigenvalue weighted by Gasteiger charge is 2.45. The van der Waals surface area contributed by atoms with E-state index in [1.807, 2.05) is 0 Å². The van der Waals surface area contributed by atoms with E-state index >= 15 is 0 Å². The van der Waals surface area contributed by atoms with E-state index in [0.717, 1.165) is 4.47 Å². The molecule has 1 heterocycles. The van der Waals surface area contributed by atoms with E-state index in [-0.39, 0.29) is 23.6 Å². The quantitative estimate of drug-likeness (QED) is 0.307. The third-order valence-corrected chi connectivity index (χ3v) is 5.12. The van der Waals surface area contributed by atoms with Crippen molar-refractivity contribution in [3.8, 4) is 5.75 Å². The fourth-order valence-electron chi connectivity index (χ4n) is 3.29. The minimum Gasteiger partial charge on any atom is -0.508 e. The van der Waals surface area contributed by atoms with Crippen LogP contribution in [0.2, 0.25) is 0 Å². The van der Waals surface area contributed by atoms with Crippen LogP contribution >= 0.6 is 15.9 Å². The van der Waals surface area contributed by atoms with Crippen LogP contribution in [0.3, 0.4) is 0 Å². The van der Waals surface area contributed by atoms with Crippen LogP contribution in [-0.2, 0) is 14.3 Å². The molecule has 7 heteroatoms. The molecule has 3 rings (SSSR count). The average Bonchev–Trinajstić information content (AvgIpc) is 2.93. The normalized spacial score (nSPS) is 18.6. The number of benzene rings is 2. The highest BCUT2D eigenvalue weighted by Crippen LogP contribution is 2.40. The Morgan fingerprint density at radius 3 is 2.54 bits per heavy atom. The number of hydrogen-bond acceptors (Lipinski definition) is 5. The van der Waals surface area contributed by atoms with E-state index in [9.17, 15) is 19.8 Å². The van der Waals surface area contributed by atoms with Gasteiger partial charge in [-0.3, -0.25) is 9.59 Å². The van der Waals surface area contributed by atoms with Crippen molar-refractivity contribution >= 4 is 33.4 Å². The summed E-state index contributed by atoms with van der Waals surface area (Å²) in [7, 11) is 1.56. The lowest BCUT2D eigenvalue weighted by Gasteiger charge is -2.25. The van der Waals surface area contributed by atoms with Gasteiger partial charge in [-0.2, -0.15) is 0 Å². The molecule has 0 aliphatic carbocycles. The van der Waals surface area contributed by atoms with Crippen LogP contribution in [0.25, 0.3) is 5.76 Å². The minimum atomic E-state index is -0.785. The first-order valence-corrected chi connectivity index (χ1v) is 9.55. The van der Waals surface area contributed by atoms with Crippen LogP contribution in [0.5, 0.6) is 5.75 Å². The molecule has 1 unspecified atom stereocenters. The van der Waals surface area contributed by atoms with Crippen molar-refractivity contribution in [2.75, 3.05) is 20.3 Å². The molecule has 2 N–H and O–H groups in total. The molecule has 6 nitrogen and oxygen atoms in total. The standard InChI is InChI=1S/C21H20BrNO5/c1-28-11-3-10-23-18(14-4-2-5-16(24)12-14)17(20(26)21(23)27)19(25)13-6-8-15(22)9-7-13/h2,4-9,12,18,24-25H,3,10-11H2,1H3/b19-17-. The van der Waals surface area contributed by atoms with E-state index in [2.05, 4.69) is 15.9 Å². The number of phenolic OH excluding ortho intramolecular Hbond substituents is 1. The Morgan fingerprint density at radius 1 is 1.18 bits per heavy atom. The second-order valence-electron chi connectivity index (χ2n) is 6.44. The molecule has 28 heavy (non-hydrogen) atoms. The smallest absolute Gasteiger partial charge is 0.295 e. The molecular weight excluding hydrogens is 426 g/mol. The number of methoxy groups -OCH3 is 1. The lowest BCUT2D eigenvalue weighted by Crippen LogP contribution is -2.31. The summed E-state index contributed by atoms with van der Waals surface area (Å²) in [6, 6.07) is 12.4. The van der Waals surface area contributed by atoms with Gasteiger partial charge in [0.25, 0.3) is 11.7 Å². The zero-order chi connectivity index (χ0) is 20.3. The summed E-state index contributed by atoms with van der Waals surface area (Å²) >= 11 is 3.33. The number of nitrogens with zero attached hydrogens (tertiary/aromatic N) is 1. The molecule has 0 aromatic heterocycles. The van der Waals surface area contributed by atoms with Crippen molar-refractivity contribution in [3.05, 3.63) is 69.7 Å². The first-order chi connectivity index (χ1) is 13.4. The molecule has 0 saturated carbocycles. The monoisotopic (exact) mass is 445 g/mol. The van der Waals surface area contributed by atoms with Crippen molar-refractivity contribution in [1.29, 1.82) is 0 Å². The van der Waals surface area contributed by atoms with E-state index in [1.165, 1.54) is 17.0 Å². The molecule has 2 aromatic carbocycles. The molecule has 1 amide bonds. The van der Waals surface area contributed by atoms with Gasteiger partial charge in [0.15, 0.2) is 0 Å². The largest absolute Gasteiger partial charge is 0.508 e. The number of amides is 1. The zero-order valence-corrected chi connectivity index (χ0v) is 16.8. The van der Waals surface area contributed by atoms with Gasteiger partial charge in [-0.25, -0.2) is 0 Å². The molecule has 146 valence electrons. The molecular formula is C21H20BrNO5. The van der Waals surface area contributed by atoms with Gasteiger partial charge < -0.3 is 19.8 Å². The molecule has 1 fully saturated rings. The van der Waals surface area contributed by atoms with Gasteiger partial charge in [0.1, 0.15) is 11.5 Å². The maximum absolute atomic E-state index is 12.8. The lowest BCUT2D eigenvalue weighted by molar-refractivity contribution is -0.140. The summed E-state index contributed by atoms with van der Waals surface area (Å²) in [6.45, 7) is 0.721. The molecule has 2 aromatic rings. The van der Waals surface area contributed by atoms with E-state index in [1.54, 1.807) is 43.5 Å². The number of Topliss-reactive ketones (excluding diaryl/α,β-unsaturated/α-hetero) is 1. The molecule has 0 bridgehead atoms. The zero-order valence-electron chi connectivity index (χ0n) is 15.3. The number of aliphatic hydroxyl groups excluding tert-OH is 1. The number of aliphatic hydroxyl groups is 1. The fraction of sp³-hybridized carbons (Fsp3) is 0.238. The molecule has 0 spiro atoms. The Labute approximate surface area is 171 Å². The first-order valence-electron chi connectivity index (χ1n) is 8.76. The van der Waals surface area contributed by atoms with Crippen molar-refractivity contribution in [2.24, 2.45) is 0 Å². The second kappa shape index (κ2) is 8.58. The lowest BCUT2D eigenvalue weighted by atomic mass is 9.95. The Balaban J connectivity index is 2.12. The third-order valence-electron chi connectivity index (χ3n) is 4.59. The predicted octanol–water partition coefficient (Wildman–Crippen LogP) is 3.61. The minimum absolute atomic E-state index is 0.00957. The number of aromatic hydroxyl groups is 1. The van der Waals surface area contributed by atoms with Crippen LogP contribution in [-0.4, -0.2) is 47.1 Å². The average molecular weight is 446 g/mol. The number of rotatable bonds is 6. The maximum Gasteiger partial charge on any atom is 0.295 e. The number of halogens is 1. The van der Waals surface area contributed by atoms with Gasteiger partial charge >= 0.3 is 0 Å². The topological polar surface area (TPSA) is 87.1 Å². The van der Waals surface area contributed by atoms with Gasteiger partial charge in [0.05, 0.1) is 11.6 Å². The third kappa shape index (κ3) is 3.95. The number of phenols is 1. The van der Waals surface area contributed by atoms with Crippen LogP contribution in [0, 0.1) is 0 Å². The Bertz CT molecular complexity index is 923. The summed E-state index contributed by atoms with van der Waals surface area (Å²) in [5.41, 5.74) is 0.994. The highest BCUT2D eigenvalue weighted by atomic mass is 79.9. The number of hydrogen-bond donors (Lipinski definition) is 2. The number of ketones is 1. The van der Waals surface area contributed by atoms with E-state index in [0.29, 0.717) is 24.2 Å². The van der Waals surface area contributed by atoms with E-state index in [4.69, 9.17) is 4.74 Å². The summed E-state index contributed by atoms with van der Waals surface area (Å²) in [5.74, 6) is -1.65. The summed E-state index contributed by atoms with van der Waals surface area (Å²) in [6.07, 6.45) is 0.539. The molecule has 1 atom stereocenters. The number of likely N-dealkylation sites (tertiary alicyclic amines) is 1. The SMILES string of the molecule is COCCCN1C(=O)C(=O)/C(=C(\O)c2ccc(Br)cc2)C1c1cccc(O)c1. The van der Waals surface area contributed by atoms with Gasteiger partial charge in [-0.1, -0.05) is 40.2 Å². The first kappa shape index (κ1) is 20.1. The Hall–Kier alpha value is -2.64. The van der Waals surface area contributed by atoms with Crippen molar-refractivity contribution in [3.63, 3.8) is 0 Å². The van der Waals surface area contributed by atoms with Crippen LogP contribution < -0.4 is 0 Å². The van der Waals surface area contributed by atoms with Crippen LogP contribution in [0.15, 0.2) is 58.6 Å². The van der Waals surface area contributed by atoms with Crippen LogP contribution in [0.4, 0.5) is 0 Å². The summed E-state index contributed by atoms with van der Waals surface area (Å²) in [5, 5.41) is 20.8. The summed E-state index contributed by atoms with van der Waals surface area (Å²) in [4.78, 5) is 26.9. The number of carbonyl (C=O) groups is 2. The van der Waals surface area contributed by atoms with Gasteiger partial charge in [-0.05, 0) is 36.2 Å². The van der Waals surface area contributed by atoms with E-state index < -0.39 is 17.7 Å². The fourth-order valence-corrected chi connectivity index (χ4v) is 3.56. The van der Waals surface area contributed by atoms with Crippen molar-refractivity contribution in [1.82, 2.24) is 4.90 Å². The van der Waals surface area contributed by atoms with Crippen LogP contribution in [0.1, 0.15) is 23.6 Å². The molecule has 1 aliphatic rings. The number of ether oxygens (including phenoxy) is 1. The highest BCUT2D eigenvalue weighted by molar-refractivity contribution is 9.10.